The van der Waals surface area contributed by atoms with E-state index in [1.165, 1.54) is 51.6 Å². The van der Waals surface area contributed by atoms with E-state index < -0.39 is 0 Å². The fourth-order valence-corrected chi connectivity index (χ4v) is 4.07. The normalized spacial score (nSPS) is 27.3. The predicted molar refractivity (Wildman–Crippen MR) is 94.8 cm³/mol. The summed E-state index contributed by atoms with van der Waals surface area (Å²) in [5.74, 6) is 0.888. The number of hydrogen-bond acceptors (Lipinski definition) is 2. The van der Waals surface area contributed by atoms with E-state index in [2.05, 4.69) is 51.8 Å². The Labute approximate surface area is 134 Å². The quantitative estimate of drug-likeness (QED) is 0.664. The lowest BCUT2D eigenvalue weighted by Gasteiger charge is -2.47. The van der Waals surface area contributed by atoms with Crippen molar-refractivity contribution < 1.29 is 0 Å². The van der Waals surface area contributed by atoms with Crippen LogP contribution in [0.15, 0.2) is 0 Å². The summed E-state index contributed by atoms with van der Waals surface area (Å²) in [4.78, 5) is 2.78. The number of nitrogens with one attached hydrogen (secondary N) is 1. The molecule has 0 radical (unpaired) electrons. The molecule has 3 unspecified atom stereocenters. The predicted octanol–water partition coefficient (Wildman–Crippen LogP) is 4.69. The number of rotatable bonds is 9. The van der Waals surface area contributed by atoms with Gasteiger partial charge < -0.3 is 5.32 Å². The maximum atomic E-state index is 3.78. The lowest BCUT2D eigenvalue weighted by Crippen LogP contribution is -2.55. The summed E-state index contributed by atoms with van der Waals surface area (Å²) in [5, 5.41) is 3.78. The lowest BCUT2D eigenvalue weighted by molar-refractivity contribution is 0.0499. The largest absolute Gasteiger partial charge is 0.313 e. The third-order valence-corrected chi connectivity index (χ3v) is 5.79. The molecule has 1 N–H and O–H groups in total. The molecule has 2 heteroatoms. The molecule has 0 saturated heterocycles. The molecule has 1 saturated carbocycles. The van der Waals surface area contributed by atoms with Crippen LogP contribution in [0.4, 0.5) is 0 Å². The van der Waals surface area contributed by atoms with E-state index in [-0.39, 0.29) is 0 Å². The fraction of sp³-hybridized carbons (Fsp3) is 1.00. The highest BCUT2D eigenvalue weighted by molar-refractivity contribution is 4.94. The van der Waals surface area contributed by atoms with Gasteiger partial charge in [0.1, 0.15) is 0 Å². The highest BCUT2D eigenvalue weighted by atomic mass is 15.2. The minimum Gasteiger partial charge on any atom is -0.313 e. The summed E-state index contributed by atoms with van der Waals surface area (Å²) in [6.45, 7) is 17.8. The van der Waals surface area contributed by atoms with E-state index in [0.29, 0.717) is 11.5 Å². The van der Waals surface area contributed by atoms with Gasteiger partial charge in [-0.15, -0.1) is 0 Å². The minimum atomic E-state index is 0.500. The first-order chi connectivity index (χ1) is 10.00. The molecule has 0 spiro atoms. The van der Waals surface area contributed by atoms with Crippen molar-refractivity contribution in [1.82, 2.24) is 10.2 Å². The van der Waals surface area contributed by atoms with E-state index in [1.807, 2.05) is 0 Å². The summed E-state index contributed by atoms with van der Waals surface area (Å²) < 4.78 is 0. The second-order valence-electron chi connectivity index (χ2n) is 7.62. The van der Waals surface area contributed by atoms with Crippen LogP contribution >= 0.6 is 0 Å². The summed E-state index contributed by atoms with van der Waals surface area (Å²) in [5.41, 5.74) is 0.500. The maximum absolute atomic E-state index is 3.78. The molecule has 1 rings (SSSR count). The van der Waals surface area contributed by atoms with Gasteiger partial charge in [0.2, 0.25) is 0 Å². The van der Waals surface area contributed by atoms with Crippen LogP contribution in [0.2, 0.25) is 0 Å². The van der Waals surface area contributed by atoms with Crippen molar-refractivity contribution in [3.8, 4) is 0 Å². The Bertz CT molecular complexity index is 269. The Hall–Kier alpha value is -0.0800. The number of nitrogens with zero attached hydrogens (tertiary/aromatic N) is 1. The van der Waals surface area contributed by atoms with Crippen LogP contribution in [-0.2, 0) is 0 Å². The van der Waals surface area contributed by atoms with Crippen molar-refractivity contribution in [3.63, 3.8) is 0 Å². The molecule has 2 nitrogen and oxygen atoms in total. The van der Waals surface area contributed by atoms with E-state index in [1.54, 1.807) is 0 Å². The smallest absolute Gasteiger partial charge is 0.0252 e. The Kier molecular flexibility index (Phi) is 8.26. The maximum Gasteiger partial charge on any atom is 0.0252 e. The zero-order valence-electron chi connectivity index (χ0n) is 15.5. The van der Waals surface area contributed by atoms with Crippen molar-refractivity contribution in [2.75, 3.05) is 19.6 Å². The van der Waals surface area contributed by atoms with Gasteiger partial charge in [-0.3, -0.25) is 4.90 Å². The van der Waals surface area contributed by atoms with Gasteiger partial charge in [-0.25, -0.2) is 0 Å². The van der Waals surface area contributed by atoms with Gasteiger partial charge in [0, 0.05) is 12.1 Å². The zero-order valence-corrected chi connectivity index (χ0v) is 15.5. The molecule has 0 aromatic carbocycles. The van der Waals surface area contributed by atoms with Crippen molar-refractivity contribution in [2.24, 2.45) is 11.3 Å². The highest BCUT2D eigenvalue weighted by Gasteiger charge is 2.38. The molecular formula is C19H40N2. The second-order valence-corrected chi connectivity index (χ2v) is 7.62. The fourth-order valence-electron chi connectivity index (χ4n) is 4.07. The summed E-state index contributed by atoms with van der Waals surface area (Å²) >= 11 is 0. The van der Waals surface area contributed by atoms with Crippen molar-refractivity contribution in [3.05, 3.63) is 0 Å². The van der Waals surface area contributed by atoms with Crippen LogP contribution in [0, 0.1) is 11.3 Å². The van der Waals surface area contributed by atoms with Gasteiger partial charge in [-0.05, 0) is 63.1 Å². The Morgan fingerprint density at radius 2 is 1.62 bits per heavy atom. The summed E-state index contributed by atoms with van der Waals surface area (Å²) in [6.07, 6.45) is 8.00. The monoisotopic (exact) mass is 296 g/mol. The van der Waals surface area contributed by atoms with E-state index in [4.69, 9.17) is 0 Å². The van der Waals surface area contributed by atoms with Crippen LogP contribution in [0.3, 0.4) is 0 Å². The first kappa shape index (κ1) is 19.0. The average molecular weight is 297 g/mol. The van der Waals surface area contributed by atoms with Crippen LogP contribution in [0.5, 0.6) is 0 Å². The standard InChI is InChI=1S/C19H40N2/c1-7-13-21(14-8-2)18-15-16(19(5,6)9-3)11-12-17(18)20-10-4/h16-18,20H,7-15H2,1-6H3. The molecule has 0 bridgehead atoms. The van der Waals surface area contributed by atoms with E-state index in [9.17, 15) is 0 Å². The molecule has 3 atom stereocenters. The summed E-state index contributed by atoms with van der Waals surface area (Å²) in [7, 11) is 0. The van der Waals surface area contributed by atoms with Crippen LogP contribution < -0.4 is 5.32 Å². The van der Waals surface area contributed by atoms with E-state index in [0.717, 1.165) is 18.5 Å². The van der Waals surface area contributed by atoms with Gasteiger partial charge in [0.25, 0.3) is 0 Å². The molecule has 0 heterocycles. The Morgan fingerprint density at radius 1 is 1.00 bits per heavy atom. The average Bonchev–Trinajstić information content (AvgIpc) is 2.47. The van der Waals surface area contributed by atoms with Gasteiger partial charge in [-0.1, -0.05) is 48.0 Å². The molecule has 126 valence electrons. The van der Waals surface area contributed by atoms with Gasteiger partial charge in [0.05, 0.1) is 0 Å². The van der Waals surface area contributed by atoms with Gasteiger partial charge in [0.15, 0.2) is 0 Å². The molecule has 1 fully saturated rings. The van der Waals surface area contributed by atoms with Crippen LogP contribution in [0.1, 0.15) is 80.1 Å². The van der Waals surface area contributed by atoms with Crippen molar-refractivity contribution in [1.29, 1.82) is 0 Å². The third-order valence-electron chi connectivity index (χ3n) is 5.79. The molecule has 0 amide bonds. The number of hydrogen-bond donors (Lipinski definition) is 1. The first-order valence-corrected chi connectivity index (χ1v) is 9.47. The van der Waals surface area contributed by atoms with E-state index >= 15 is 0 Å². The Morgan fingerprint density at radius 3 is 2.10 bits per heavy atom. The van der Waals surface area contributed by atoms with Crippen molar-refractivity contribution >= 4 is 0 Å². The van der Waals surface area contributed by atoms with Gasteiger partial charge in [-0.2, -0.15) is 0 Å². The molecule has 1 aliphatic carbocycles. The van der Waals surface area contributed by atoms with Gasteiger partial charge >= 0.3 is 0 Å². The lowest BCUT2D eigenvalue weighted by atomic mass is 9.67. The van der Waals surface area contributed by atoms with Crippen LogP contribution in [-0.4, -0.2) is 36.6 Å². The molecular weight excluding hydrogens is 256 g/mol. The first-order valence-electron chi connectivity index (χ1n) is 9.47. The second kappa shape index (κ2) is 9.15. The molecule has 0 aliphatic heterocycles. The molecule has 0 aromatic heterocycles. The molecule has 21 heavy (non-hydrogen) atoms. The van der Waals surface area contributed by atoms with Crippen LogP contribution in [0.25, 0.3) is 0 Å². The zero-order chi connectivity index (χ0) is 15.9. The number of likely N-dealkylation sites (N-methyl/N-ethyl adjacent to an activating group) is 1. The van der Waals surface area contributed by atoms with Crippen molar-refractivity contribution in [2.45, 2.75) is 92.2 Å². The molecule has 0 aromatic rings. The summed E-state index contributed by atoms with van der Waals surface area (Å²) in [6, 6.07) is 1.45. The Balaban J connectivity index is 2.83. The molecule has 1 aliphatic rings. The topological polar surface area (TPSA) is 15.3 Å². The minimum absolute atomic E-state index is 0.500. The third kappa shape index (κ3) is 5.25. The SMILES string of the molecule is CCCN(CCC)C1CC(C(C)(C)CC)CCC1NCC. The highest BCUT2D eigenvalue weighted by Crippen LogP contribution is 2.41.